The summed E-state index contributed by atoms with van der Waals surface area (Å²) in [7, 11) is 3.35. The molecule has 0 radical (unpaired) electrons. The van der Waals surface area contributed by atoms with Crippen molar-refractivity contribution in [2.24, 2.45) is 7.05 Å². The maximum atomic E-state index is 12.0. The van der Waals surface area contributed by atoms with E-state index in [9.17, 15) is 9.59 Å². The fourth-order valence-electron chi connectivity index (χ4n) is 2.16. The minimum atomic E-state index is -0.446. The molecule has 0 unspecified atom stereocenters. The van der Waals surface area contributed by atoms with Gasteiger partial charge < -0.3 is 9.88 Å². The van der Waals surface area contributed by atoms with Crippen LogP contribution >= 0.6 is 0 Å². The van der Waals surface area contributed by atoms with Crippen LogP contribution in [0.15, 0.2) is 9.59 Å². The van der Waals surface area contributed by atoms with Gasteiger partial charge in [-0.15, -0.1) is 0 Å². The molecule has 0 saturated carbocycles. The van der Waals surface area contributed by atoms with Crippen LogP contribution in [-0.4, -0.2) is 26.1 Å². The molecule has 0 aliphatic rings. The molecule has 0 fully saturated rings. The first-order valence-corrected chi connectivity index (χ1v) is 6.47. The molecular formula is C12H19N5O2. The normalized spacial score (nSPS) is 11.1. The van der Waals surface area contributed by atoms with Gasteiger partial charge in [0.1, 0.15) is 0 Å². The van der Waals surface area contributed by atoms with Crippen LogP contribution in [0.2, 0.25) is 0 Å². The van der Waals surface area contributed by atoms with E-state index in [2.05, 4.69) is 22.2 Å². The van der Waals surface area contributed by atoms with Gasteiger partial charge in [-0.2, -0.15) is 4.98 Å². The number of unbranched alkanes of at least 4 members (excludes halogenated alkanes) is 2. The van der Waals surface area contributed by atoms with E-state index in [0.717, 1.165) is 19.3 Å². The summed E-state index contributed by atoms with van der Waals surface area (Å²) in [6.07, 6.45) is 3.17. The topological polar surface area (TPSA) is 84.7 Å². The summed E-state index contributed by atoms with van der Waals surface area (Å²) >= 11 is 0. The molecule has 104 valence electrons. The predicted molar refractivity (Wildman–Crippen MR) is 74.7 cm³/mol. The number of H-pyrrole nitrogens is 1. The second kappa shape index (κ2) is 5.29. The van der Waals surface area contributed by atoms with Crippen LogP contribution in [0.3, 0.4) is 0 Å². The van der Waals surface area contributed by atoms with E-state index >= 15 is 0 Å². The molecule has 2 N–H and O–H groups in total. The largest absolute Gasteiger partial charge is 0.359 e. The fourth-order valence-corrected chi connectivity index (χ4v) is 2.16. The molecule has 7 heteroatoms. The molecule has 0 amide bonds. The number of hydrogen-bond acceptors (Lipinski definition) is 4. The molecule has 0 spiro atoms. The minimum Gasteiger partial charge on any atom is -0.359 e. The van der Waals surface area contributed by atoms with Crippen LogP contribution in [-0.2, 0) is 13.6 Å². The lowest BCUT2D eigenvalue weighted by molar-refractivity contribution is 0.616. The van der Waals surface area contributed by atoms with Crippen LogP contribution in [0.25, 0.3) is 11.2 Å². The molecule has 2 aromatic heterocycles. The molecule has 19 heavy (non-hydrogen) atoms. The number of rotatable bonds is 5. The predicted octanol–water partition coefficient (Wildman–Crippen LogP) is 0.655. The van der Waals surface area contributed by atoms with E-state index in [1.807, 2.05) is 4.57 Å². The number of aromatic nitrogens is 4. The Bertz CT molecular complexity index is 694. The third-order valence-corrected chi connectivity index (χ3v) is 3.22. The van der Waals surface area contributed by atoms with Crippen LogP contribution < -0.4 is 16.6 Å². The van der Waals surface area contributed by atoms with Crippen molar-refractivity contribution in [2.75, 3.05) is 12.4 Å². The van der Waals surface area contributed by atoms with E-state index in [1.165, 1.54) is 4.57 Å². The van der Waals surface area contributed by atoms with Crippen LogP contribution in [0.1, 0.15) is 26.2 Å². The van der Waals surface area contributed by atoms with Gasteiger partial charge in [-0.05, 0) is 6.42 Å². The average molecular weight is 265 g/mol. The Labute approximate surface area is 110 Å². The molecule has 7 nitrogen and oxygen atoms in total. The molecule has 0 aliphatic carbocycles. The zero-order valence-corrected chi connectivity index (χ0v) is 11.5. The van der Waals surface area contributed by atoms with Crippen molar-refractivity contribution >= 4 is 17.1 Å². The fraction of sp³-hybridized carbons (Fsp3) is 0.583. The summed E-state index contributed by atoms with van der Waals surface area (Å²) in [5, 5.41) is 2.97. The highest BCUT2D eigenvalue weighted by Crippen LogP contribution is 2.15. The number of fused-ring (bicyclic) bond motifs is 1. The van der Waals surface area contributed by atoms with E-state index in [0.29, 0.717) is 23.7 Å². The van der Waals surface area contributed by atoms with Crippen LogP contribution in [0.5, 0.6) is 0 Å². The van der Waals surface area contributed by atoms with Crippen molar-refractivity contribution in [3.05, 3.63) is 20.8 Å². The van der Waals surface area contributed by atoms with Crippen molar-refractivity contribution in [1.29, 1.82) is 0 Å². The quantitative estimate of drug-likeness (QED) is 0.778. The van der Waals surface area contributed by atoms with Gasteiger partial charge in [-0.3, -0.25) is 14.3 Å². The van der Waals surface area contributed by atoms with Crippen molar-refractivity contribution < 1.29 is 0 Å². The minimum absolute atomic E-state index is 0.386. The van der Waals surface area contributed by atoms with Gasteiger partial charge in [-0.1, -0.05) is 19.8 Å². The van der Waals surface area contributed by atoms with E-state index in [1.54, 1.807) is 14.1 Å². The Balaban J connectivity index is 2.64. The first kappa shape index (κ1) is 13.4. The number of aryl methyl sites for hydroxylation is 2. The number of nitrogens with one attached hydrogen (secondary N) is 2. The number of anilines is 1. The number of aromatic amines is 1. The molecule has 2 rings (SSSR count). The molecule has 0 aromatic carbocycles. The Morgan fingerprint density at radius 2 is 2.05 bits per heavy atom. The maximum Gasteiger partial charge on any atom is 0.329 e. The second-order valence-electron chi connectivity index (χ2n) is 4.53. The van der Waals surface area contributed by atoms with Gasteiger partial charge in [0.25, 0.3) is 5.56 Å². The van der Waals surface area contributed by atoms with Crippen molar-refractivity contribution in [1.82, 2.24) is 19.1 Å². The number of imidazole rings is 1. The van der Waals surface area contributed by atoms with Gasteiger partial charge >= 0.3 is 5.69 Å². The highest BCUT2D eigenvalue weighted by atomic mass is 16.2. The van der Waals surface area contributed by atoms with E-state index < -0.39 is 5.69 Å². The van der Waals surface area contributed by atoms with Gasteiger partial charge in [0.2, 0.25) is 5.95 Å². The monoisotopic (exact) mass is 265 g/mol. The van der Waals surface area contributed by atoms with E-state index in [4.69, 9.17) is 0 Å². The Kier molecular flexibility index (Phi) is 3.73. The molecule has 0 atom stereocenters. The zero-order valence-electron chi connectivity index (χ0n) is 11.5. The van der Waals surface area contributed by atoms with Gasteiger partial charge in [0, 0.05) is 20.6 Å². The standard InChI is InChI=1S/C12H19N5O2/c1-4-5-6-7-17-8-9(14-11(17)13-2)16(3)12(19)15-10(8)18/h4-7H2,1-3H3,(H,13,14)(H,15,18,19). The first-order chi connectivity index (χ1) is 9.10. The van der Waals surface area contributed by atoms with Crippen LogP contribution in [0.4, 0.5) is 5.95 Å². The third-order valence-electron chi connectivity index (χ3n) is 3.22. The molecular weight excluding hydrogens is 246 g/mol. The Hall–Kier alpha value is -2.05. The molecule has 2 aromatic rings. The van der Waals surface area contributed by atoms with Crippen molar-refractivity contribution in [3.8, 4) is 0 Å². The summed E-state index contributed by atoms with van der Waals surface area (Å²) in [6, 6.07) is 0. The molecule has 2 heterocycles. The van der Waals surface area contributed by atoms with E-state index in [-0.39, 0.29) is 5.56 Å². The van der Waals surface area contributed by atoms with Crippen molar-refractivity contribution in [2.45, 2.75) is 32.7 Å². The summed E-state index contributed by atoms with van der Waals surface area (Å²) < 4.78 is 3.19. The van der Waals surface area contributed by atoms with Gasteiger partial charge in [-0.25, -0.2) is 4.79 Å². The summed E-state index contributed by atoms with van der Waals surface area (Å²) in [5.74, 6) is 0.609. The van der Waals surface area contributed by atoms with Gasteiger partial charge in [0.15, 0.2) is 11.2 Å². The van der Waals surface area contributed by atoms with Crippen LogP contribution in [0, 0.1) is 0 Å². The lowest BCUT2D eigenvalue weighted by atomic mass is 10.2. The number of hydrogen-bond donors (Lipinski definition) is 2. The molecule has 0 bridgehead atoms. The number of nitrogens with zero attached hydrogens (tertiary/aromatic N) is 3. The van der Waals surface area contributed by atoms with Crippen molar-refractivity contribution in [3.63, 3.8) is 0 Å². The lowest BCUT2D eigenvalue weighted by Crippen LogP contribution is -2.29. The smallest absolute Gasteiger partial charge is 0.329 e. The average Bonchev–Trinajstić information content (AvgIpc) is 2.76. The summed E-state index contributed by atoms with van der Waals surface area (Å²) in [6.45, 7) is 2.84. The Morgan fingerprint density at radius 1 is 1.32 bits per heavy atom. The zero-order chi connectivity index (χ0) is 14.0. The first-order valence-electron chi connectivity index (χ1n) is 6.47. The second-order valence-corrected chi connectivity index (χ2v) is 4.53. The molecule has 0 saturated heterocycles. The third kappa shape index (κ3) is 2.27. The Morgan fingerprint density at radius 3 is 2.68 bits per heavy atom. The maximum absolute atomic E-state index is 12.0. The lowest BCUT2D eigenvalue weighted by Gasteiger charge is -2.07. The van der Waals surface area contributed by atoms with Gasteiger partial charge in [0.05, 0.1) is 0 Å². The SMILES string of the molecule is CCCCCn1c(NC)nc2c1c(=O)[nH]c(=O)n2C. The highest BCUT2D eigenvalue weighted by Gasteiger charge is 2.15. The summed E-state index contributed by atoms with van der Waals surface area (Å²) in [4.78, 5) is 30.2. The molecule has 0 aliphatic heterocycles. The summed E-state index contributed by atoms with van der Waals surface area (Å²) in [5.41, 5.74) is 0.0270. The highest BCUT2D eigenvalue weighted by molar-refractivity contribution is 5.74.